The van der Waals surface area contributed by atoms with E-state index in [-0.39, 0.29) is 13.0 Å². The Morgan fingerprint density at radius 2 is 2.05 bits per heavy atom. The highest BCUT2D eigenvalue weighted by Crippen LogP contribution is 2.33. The average Bonchev–Trinajstić information content (AvgIpc) is 2.37. The van der Waals surface area contributed by atoms with Gasteiger partial charge in [0.15, 0.2) is 0 Å². The van der Waals surface area contributed by atoms with Crippen LogP contribution in [0.4, 0.5) is 18.9 Å². The molecule has 1 aliphatic rings. The summed E-state index contributed by atoms with van der Waals surface area (Å²) >= 11 is 3.42. The second-order valence-electron chi connectivity index (χ2n) is 4.36. The van der Waals surface area contributed by atoms with Crippen LogP contribution in [0.25, 0.3) is 0 Å². The molecule has 0 saturated carbocycles. The van der Waals surface area contributed by atoms with Crippen LogP contribution in [0.5, 0.6) is 0 Å². The number of alkyl halides is 3. The Morgan fingerprint density at radius 1 is 1.32 bits per heavy atom. The first-order valence-corrected chi connectivity index (χ1v) is 6.71. The number of benzene rings is 1. The van der Waals surface area contributed by atoms with Crippen molar-refractivity contribution in [1.82, 2.24) is 0 Å². The summed E-state index contributed by atoms with van der Waals surface area (Å²) < 4.78 is 38.6. The third kappa shape index (κ3) is 3.12. The van der Waals surface area contributed by atoms with E-state index in [0.29, 0.717) is 13.1 Å². The zero-order valence-corrected chi connectivity index (χ0v) is 11.8. The predicted octanol–water partition coefficient (Wildman–Crippen LogP) is 3.61. The van der Waals surface area contributed by atoms with Gasteiger partial charge >= 0.3 is 6.18 Å². The zero-order chi connectivity index (χ0) is 14.0. The Morgan fingerprint density at radius 3 is 2.58 bits per heavy atom. The Hall–Kier alpha value is -1.01. The molecule has 0 radical (unpaired) electrons. The van der Waals surface area contributed by atoms with E-state index in [4.69, 9.17) is 5.73 Å². The van der Waals surface area contributed by atoms with Gasteiger partial charge < -0.3 is 10.6 Å². The maximum absolute atomic E-state index is 12.6. The Kier molecular flexibility index (Phi) is 4.20. The van der Waals surface area contributed by atoms with Crippen LogP contribution in [0.1, 0.15) is 12.0 Å². The third-order valence-electron chi connectivity index (χ3n) is 3.21. The Labute approximate surface area is 118 Å². The highest BCUT2D eigenvalue weighted by molar-refractivity contribution is 9.10. The lowest BCUT2D eigenvalue weighted by Crippen LogP contribution is -2.32. The molecule has 0 bridgehead atoms. The molecule has 0 saturated heterocycles. The summed E-state index contributed by atoms with van der Waals surface area (Å²) in [6.07, 6.45) is -2.94. The summed E-state index contributed by atoms with van der Waals surface area (Å²) in [6, 6.07) is 5.63. The van der Waals surface area contributed by atoms with Gasteiger partial charge in [0.1, 0.15) is 0 Å². The van der Waals surface area contributed by atoms with Crippen LogP contribution < -0.4 is 10.6 Å². The first-order valence-electron chi connectivity index (χ1n) is 5.92. The second-order valence-corrected chi connectivity index (χ2v) is 5.22. The summed E-state index contributed by atoms with van der Waals surface area (Å²) in [4.78, 5) is 1.92. The number of halogens is 4. The summed E-state index contributed by atoms with van der Waals surface area (Å²) in [6.45, 7) is 0.968. The summed E-state index contributed by atoms with van der Waals surface area (Å²) in [5, 5.41) is 0. The van der Waals surface area contributed by atoms with Gasteiger partial charge in [0, 0.05) is 40.9 Å². The Bertz CT molecular complexity index is 497. The van der Waals surface area contributed by atoms with Crippen LogP contribution >= 0.6 is 15.9 Å². The van der Waals surface area contributed by atoms with E-state index in [1.165, 1.54) is 6.08 Å². The van der Waals surface area contributed by atoms with E-state index in [9.17, 15) is 13.2 Å². The molecule has 0 aliphatic carbocycles. The molecule has 6 heteroatoms. The maximum atomic E-state index is 12.6. The molecule has 19 heavy (non-hydrogen) atoms. The molecule has 1 aromatic carbocycles. The van der Waals surface area contributed by atoms with Gasteiger partial charge in [0.05, 0.1) is 0 Å². The van der Waals surface area contributed by atoms with Crippen LogP contribution in [0.15, 0.2) is 34.3 Å². The number of hydrogen-bond donors (Lipinski definition) is 1. The molecule has 0 atom stereocenters. The van der Waals surface area contributed by atoms with E-state index < -0.39 is 11.7 Å². The molecular weight excluding hydrogens is 321 g/mol. The van der Waals surface area contributed by atoms with Gasteiger partial charge in [0.2, 0.25) is 0 Å². The fourth-order valence-corrected chi connectivity index (χ4v) is 2.71. The highest BCUT2D eigenvalue weighted by Gasteiger charge is 2.34. The Balaban J connectivity index is 2.23. The van der Waals surface area contributed by atoms with Crippen molar-refractivity contribution in [1.29, 1.82) is 0 Å². The van der Waals surface area contributed by atoms with Crippen LogP contribution in [0.2, 0.25) is 0 Å². The van der Waals surface area contributed by atoms with Crippen molar-refractivity contribution in [2.24, 2.45) is 5.73 Å². The minimum atomic E-state index is -4.21. The predicted molar refractivity (Wildman–Crippen MR) is 73.0 cm³/mol. The number of anilines is 1. The van der Waals surface area contributed by atoms with Crippen molar-refractivity contribution in [3.63, 3.8) is 0 Å². The molecule has 0 aromatic heterocycles. The molecule has 0 amide bonds. The molecular formula is C13H14BrF3N2. The van der Waals surface area contributed by atoms with Crippen LogP contribution in [0, 0.1) is 0 Å². The molecule has 1 aromatic rings. The lowest BCUT2D eigenvalue weighted by atomic mass is 10.1. The van der Waals surface area contributed by atoms with Crippen molar-refractivity contribution in [2.45, 2.75) is 19.1 Å². The van der Waals surface area contributed by atoms with E-state index in [0.717, 1.165) is 15.7 Å². The van der Waals surface area contributed by atoms with Crippen LogP contribution in [-0.2, 0) is 6.54 Å². The third-order valence-corrected chi connectivity index (χ3v) is 3.96. The molecule has 2 rings (SSSR count). The molecule has 1 aliphatic heterocycles. The first-order chi connectivity index (χ1) is 8.93. The summed E-state index contributed by atoms with van der Waals surface area (Å²) in [7, 11) is 0. The van der Waals surface area contributed by atoms with Crippen molar-refractivity contribution in [3.05, 3.63) is 39.9 Å². The minimum Gasteiger partial charge on any atom is -0.367 e. The largest absolute Gasteiger partial charge is 0.412 e. The fraction of sp³-hybridized carbons (Fsp3) is 0.385. The molecule has 2 N–H and O–H groups in total. The number of rotatable bonds is 2. The second kappa shape index (κ2) is 5.54. The van der Waals surface area contributed by atoms with Crippen molar-refractivity contribution in [2.75, 3.05) is 18.0 Å². The van der Waals surface area contributed by atoms with Gasteiger partial charge in [-0.3, -0.25) is 0 Å². The van der Waals surface area contributed by atoms with Gasteiger partial charge in [-0.2, -0.15) is 13.2 Å². The maximum Gasteiger partial charge on any atom is 0.412 e. The standard InChI is InChI=1S/C13H14BrF3N2/c14-11-2-1-3-12(10(11)8-18)19-6-4-9(5-7-19)13(15,16)17/h1-4H,5-8,18H2. The van der Waals surface area contributed by atoms with Crippen molar-refractivity contribution < 1.29 is 13.2 Å². The van der Waals surface area contributed by atoms with Gasteiger partial charge in [-0.1, -0.05) is 28.1 Å². The van der Waals surface area contributed by atoms with Gasteiger partial charge in [-0.15, -0.1) is 0 Å². The SMILES string of the molecule is NCc1c(Br)cccc1N1CC=C(C(F)(F)F)CC1. The smallest absolute Gasteiger partial charge is 0.367 e. The molecule has 0 fully saturated rings. The van der Waals surface area contributed by atoms with Crippen LogP contribution in [-0.4, -0.2) is 19.3 Å². The minimum absolute atomic E-state index is 0.0139. The first kappa shape index (κ1) is 14.4. The highest BCUT2D eigenvalue weighted by atomic mass is 79.9. The summed E-state index contributed by atoms with van der Waals surface area (Å²) in [5.41, 5.74) is 7.09. The van der Waals surface area contributed by atoms with E-state index in [1.54, 1.807) is 0 Å². The molecule has 2 nitrogen and oxygen atoms in total. The van der Waals surface area contributed by atoms with E-state index in [2.05, 4.69) is 15.9 Å². The lowest BCUT2D eigenvalue weighted by Gasteiger charge is -2.31. The lowest BCUT2D eigenvalue weighted by molar-refractivity contribution is -0.0943. The monoisotopic (exact) mass is 334 g/mol. The molecule has 104 valence electrons. The molecule has 0 unspecified atom stereocenters. The zero-order valence-electron chi connectivity index (χ0n) is 10.2. The molecule has 0 spiro atoms. The van der Waals surface area contributed by atoms with Crippen molar-refractivity contribution in [3.8, 4) is 0 Å². The molecule has 1 heterocycles. The van der Waals surface area contributed by atoms with Crippen LogP contribution in [0.3, 0.4) is 0 Å². The van der Waals surface area contributed by atoms with E-state index in [1.807, 2.05) is 23.1 Å². The topological polar surface area (TPSA) is 29.3 Å². The quantitative estimate of drug-likeness (QED) is 0.837. The van der Waals surface area contributed by atoms with Gasteiger partial charge in [-0.25, -0.2) is 0 Å². The van der Waals surface area contributed by atoms with Gasteiger partial charge in [-0.05, 0) is 18.6 Å². The average molecular weight is 335 g/mol. The van der Waals surface area contributed by atoms with E-state index >= 15 is 0 Å². The number of nitrogens with zero attached hydrogens (tertiary/aromatic N) is 1. The number of nitrogens with two attached hydrogens (primary N) is 1. The van der Waals surface area contributed by atoms with Crippen molar-refractivity contribution >= 4 is 21.6 Å². The normalized spacial score (nSPS) is 16.5. The summed E-state index contributed by atoms with van der Waals surface area (Å²) in [5.74, 6) is 0. The van der Waals surface area contributed by atoms with Gasteiger partial charge in [0.25, 0.3) is 0 Å². The fourth-order valence-electron chi connectivity index (χ4n) is 2.19. The number of hydrogen-bond acceptors (Lipinski definition) is 2.